The van der Waals surface area contributed by atoms with Crippen molar-refractivity contribution in [2.24, 2.45) is 0 Å². The molecule has 0 saturated heterocycles. The summed E-state index contributed by atoms with van der Waals surface area (Å²) in [5.41, 5.74) is -2.07. The van der Waals surface area contributed by atoms with Gasteiger partial charge in [0.05, 0.1) is 6.42 Å². The van der Waals surface area contributed by atoms with Gasteiger partial charge in [-0.3, -0.25) is 0 Å². The highest BCUT2D eigenvalue weighted by molar-refractivity contribution is 6.23. The minimum absolute atomic E-state index is 1.14. The molecule has 0 radical (unpaired) electrons. The fourth-order valence-corrected chi connectivity index (χ4v) is 0.583. The summed E-state index contributed by atoms with van der Waals surface area (Å²) in [5, 5.41) is -3.51. The minimum atomic E-state index is -3.51. The van der Waals surface area contributed by atoms with Crippen molar-refractivity contribution in [3.8, 4) is 0 Å². The van der Waals surface area contributed by atoms with Crippen LogP contribution >= 0.6 is 23.2 Å². The van der Waals surface area contributed by atoms with Crippen LogP contribution in [-0.4, -0.2) is 11.0 Å². The Morgan fingerprint density at radius 2 is 1.88 bits per heavy atom. The van der Waals surface area contributed by atoms with Crippen LogP contribution in [0.5, 0.6) is 0 Å². The van der Waals surface area contributed by atoms with Gasteiger partial charge in [0.15, 0.2) is 5.63 Å². The largest absolute Gasteiger partial charge is 0.325 e. The highest BCUT2D eigenvalue weighted by Crippen LogP contribution is 2.27. The van der Waals surface area contributed by atoms with Crippen molar-refractivity contribution in [2.75, 3.05) is 0 Å². The summed E-state index contributed by atoms with van der Waals surface area (Å²) in [6.07, 6.45) is -1.14. The van der Waals surface area contributed by atoms with Crippen LogP contribution < -0.4 is 0 Å². The molecule has 0 aliphatic carbocycles. The molecule has 0 rings (SSSR count). The van der Waals surface area contributed by atoms with Crippen LogP contribution in [0.25, 0.3) is 0 Å². The van der Waals surface area contributed by atoms with E-state index in [4.69, 9.17) is 0 Å². The highest BCUT2D eigenvalue weighted by Gasteiger charge is 2.28. The average molecular weight is 167 g/mol. The Balaban J connectivity index is 3.39. The normalized spacial score (nSPS) is 16.1. The van der Waals surface area contributed by atoms with Gasteiger partial charge in [0, 0.05) is 0 Å². The average Bonchev–Trinajstić information content (AvgIpc) is 1.21. The zero-order chi connectivity index (χ0) is 6.78. The van der Waals surface area contributed by atoms with Crippen LogP contribution in [0.3, 0.4) is 0 Å². The first-order chi connectivity index (χ1) is 3.42. The first-order valence-electron chi connectivity index (χ1n) is 1.77. The van der Waals surface area contributed by atoms with E-state index in [1.807, 2.05) is 0 Å². The summed E-state index contributed by atoms with van der Waals surface area (Å²) in [6, 6.07) is 0. The van der Waals surface area contributed by atoms with Crippen LogP contribution in [0, 0.1) is 0 Å². The summed E-state index contributed by atoms with van der Waals surface area (Å²) >= 11 is 8.80. The second kappa shape index (κ2) is 2.78. The molecule has 0 bridgehead atoms. The van der Waals surface area contributed by atoms with Gasteiger partial charge in [-0.15, -0.1) is 0 Å². The predicted octanol–water partition coefficient (Wildman–Crippen LogP) is 2.74. The molecule has 0 aliphatic rings. The molecular formula is C3H3Cl2F3. The maximum absolute atomic E-state index is 11.4. The Hall–Kier alpha value is 0.370. The molecule has 0 nitrogen and oxygen atoms in total. The van der Waals surface area contributed by atoms with Crippen LogP contribution in [-0.2, 0) is 0 Å². The maximum Gasteiger partial charge on any atom is 0.325 e. The lowest BCUT2D eigenvalue weighted by molar-refractivity contribution is 0.0712. The lowest BCUT2D eigenvalue weighted by atomic mass is 10.5. The van der Waals surface area contributed by atoms with Crippen molar-refractivity contribution >= 4 is 23.2 Å². The zero-order valence-electron chi connectivity index (χ0n) is 3.67. The van der Waals surface area contributed by atoms with Crippen molar-refractivity contribution < 1.29 is 13.2 Å². The number of alkyl halides is 5. The molecule has 0 amide bonds. The summed E-state index contributed by atoms with van der Waals surface area (Å²) in [5.74, 6) is 0. The van der Waals surface area contributed by atoms with Gasteiger partial charge in [-0.1, -0.05) is 11.6 Å². The Morgan fingerprint density at radius 3 is 1.88 bits per heavy atom. The van der Waals surface area contributed by atoms with Gasteiger partial charge in [0.25, 0.3) is 0 Å². The Bertz CT molecular complexity index is 67.4. The summed E-state index contributed by atoms with van der Waals surface area (Å²) in [7, 11) is 0. The first-order valence-corrected chi connectivity index (χ1v) is 2.58. The smallest absolute Gasteiger partial charge is 0.230 e. The van der Waals surface area contributed by atoms with Gasteiger partial charge in [-0.05, 0) is 11.6 Å². The number of rotatable bonds is 2. The predicted molar refractivity (Wildman–Crippen MR) is 26.2 cm³/mol. The van der Waals surface area contributed by atoms with E-state index in [0.717, 1.165) is 0 Å². The number of hydrogen-bond donors (Lipinski definition) is 0. The zero-order valence-corrected chi connectivity index (χ0v) is 5.19. The van der Waals surface area contributed by atoms with E-state index < -0.39 is 17.4 Å². The van der Waals surface area contributed by atoms with Crippen molar-refractivity contribution in [3.63, 3.8) is 0 Å². The Labute approximate surface area is 54.6 Å². The minimum Gasteiger partial charge on any atom is -0.230 e. The van der Waals surface area contributed by atoms with Crippen molar-refractivity contribution in [1.82, 2.24) is 0 Å². The quantitative estimate of drug-likeness (QED) is 0.554. The van der Waals surface area contributed by atoms with Crippen molar-refractivity contribution in [3.05, 3.63) is 0 Å². The van der Waals surface area contributed by atoms with Gasteiger partial charge >= 0.3 is 5.38 Å². The van der Waals surface area contributed by atoms with E-state index in [1.165, 1.54) is 0 Å². The van der Waals surface area contributed by atoms with Gasteiger partial charge in [0.2, 0.25) is 0 Å². The Kier molecular flexibility index (Phi) is 2.91. The third-order valence-electron chi connectivity index (χ3n) is 0.386. The molecular weight excluding hydrogens is 164 g/mol. The van der Waals surface area contributed by atoms with Crippen molar-refractivity contribution in [2.45, 2.75) is 17.4 Å². The third-order valence-corrected chi connectivity index (χ3v) is 0.694. The Morgan fingerprint density at radius 1 is 1.50 bits per heavy atom. The lowest BCUT2D eigenvalue weighted by Gasteiger charge is -2.04. The van der Waals surface area contributed by atoms with E-state index in [-0.39, 0.29) is 0 Å². The lowest BCUT2D eigenvalue weighted by Crippen LogP contribution is -2.09. The molecule has 0 aromatic carbocycles. The van der Waals surface area contributed by atoms with Gasteiger partial charge in [-0.2, -0.15) is 8.78 Å². The molecule has 8 heavy (non-hydrogen) atoms. The topological polar surface area (TPSA) is 0 Å². The molecule has 0 N–H and O–H groups in total. The van der Waals surface area contributed by atoms with Crippen LogP contribution in [0.4, 0.5) is 13.2 Å². The highest BCUT2D eigenvalue weighted by atomic mass is 35.5. The number of halogens is 5. The van der Waals surface area contributed by atoms with Gasteiger partial charge in [-0.25, -0.2) is 4.39 Å². The summed E-state index contributed by atoms with van der Waals surface area (Å²) in [6.45, 7) is 0. The molecule has 0 fully saturated rings. The molecule has 50 valence electrons. The van der Waals surface area contributed by atoms with Crippen molar-refractivity contribution in [1.29, 1.82) is 0 Å². The monoisotopic (exact) mass is 166 g/mol. The SMILES string of the molecule is F[C@@H](Cl)CC(F)(F)Cl. The van der Waals surface area contributed by atoms with Crippen LogP contribution in [0.1, 0.15) is 6.42 Å². The second-order valence-electron chi connectivity index (χ2n) is 1.21. The van der Waals surface area contributed by atoms with E-state index in [2.05, 4.69) is 23.2 Å². The van der Waals surface area contributed by atoms with Crippen LogP contribution in [0.15, 0.2) is 0 Å². The fraction of sp³-hybridized carbons (Fsp3) is 1.00. The molecule has 0 spiro atoms. The molecule has 0 aromatic rings. The number of hydrogen-bond acceptors (Lipinski definition) is 0. The molecule has 5 heteroatoms. The van der Waals surface area contributed by atoms with Gasteiger partial charge < -0.3 is 0 Å². The van der Waals surface area contributed by atoms with E-state index in [9.17, 15) is 13.2 Å². The van der Waals surface area contributed by atoms with Crippen LogP contribution in [0.2, 0.25) is 0 Å². The summed E-state index contributed by atoms with van der Waals surface area (Å²) < 4.78 is 34.2. The van der Waals surface area contributed by atoms with Gasteiger partial charge in [0.1, 0.15) is 0 Å². The fourth-order valence-electron chi connectivity index (χ4n) is 0.175. The van der Waals surface area contributed by atoms with E-state index in [1.54, 1.807) is 0 Å². The second-order valence-corrected chi connectivity index (χ2v) is 2.24. The molecule has 0 saturated carbocycles. The first kappa shape index (κ1) is 8.37. The standard InChI is InChI=1S/C3H3Cl2F3/c4-2(6)1-3(5,7)8/h2H,1H2/t2-/m1/s1. The molecule has 0 aromatic heterocycles. The van der Waals surface area contributed by atoms with E-state index >= 15 is 0 Å². The molecule has 0 unspecified atom stereocenters. The summed E-state index contributed by atoms with van der Waals surface area (Å²) in [4.78, 5) is 0. The molecule has 0 aliphatic heterocycles. The van der Waals surface area contributed by atoms with E-state index in [0.29, 0.717) is 0 Å². The molecule has 1 atom stereocenters. The maximum atomic E-state index is 11.4. The molecule has 0 heterocycles. The third kappa shape index (κ3) is 6.37.